The Hall–Kier alpha value is -1.62. The third-order valence-electron chi connectivity index (χ3n) is 2.94. The number of rotatable bonds is 2. The maximum absolute atomic E-state index is 13.4. The highest BCUT2D eigenvalue weighted by molar-refractivity contribution is 5.97. The Bertz CT molecular complexity index is 442. The predicted molar refractivity (Wildman–Crippen MR) is 63.0 cm³/mol. The average molecular weight is 238 g/mol. The molecule has 1 fully saturated rings. The molecule has 1 aliphatic rings. The molecule has 17 heavy (non-hydrogen) atoms. The highest BCUT2D eigenvalue weighted by Crippen LogP contribution is 2.27. The molecule has 1 aromatic rings. The molecular formula is C12H15FN2O2. The van der Waals surface area contributed by atoms with E-state index in [-0.39, 0.29) is 11.6 Å². The van der Waals surface area contributed by atoms with Crippen LogP contribution in [-0.4, -0.2) is 18.1 Å². The summed E-state index contributed by atoms with van der Waals surface area (Å²) in [4.78, 5) is 12.0. The van der Waals surface area contributed by atoms with Crippen LogP contribution in [0.5, 0.6) is 0 Å². The Labute approximate surface area is 98.9 Å². The third kappa shape index (κ3) is 2.39. The fraction of sp³-hybridized carbons (Fsp3) is 0.417. The second-order valence-electron chi connectivity index (χ2n) is 4.38. The summed E-state index contributed by atoms with van der Waals surface area (Å²) < 4.78 is 18.8. The lowest BCUT2D eigenvalue weighted by Gasteiger charge is -2.22. The van der Waals surface area contributed by atoms with Gasteiger partial charge in [-0.15, -0.1) is 0 Å². The summed E-state index contributed by atoms with van der Waals surface area (Å²) in [6.45, 7) is 2.27. The van der Waals surface area contributed by atoms with Gasteiger partial charge in [0.2, 0.25) is 0 Å². The van der Waals surface area contributed by atoms with E-state index in [0.29, 0.717) is 18.7 Å². The summed E-state index contributed by atoms with van der Waals surface area (Å²) in [5.74, 6) is -0.839. The van der Waals surface area contributed by atoms with Gasteiger partial charge in [0.25, 0.3) is 5.91 Å². The van der Waals surface area contributed by atoms with Gasteiger partial charge in [-0.1, -0.05) is 0 Å². The molecule has 0 spiro atoms. The highest BCUT2D eigenvalue weighted by Gasteiger charge is 2.37. The molecule has 0 saturated carbocycles. The lowest BCUT2D eigenvalue weighted by molar-refractivity contribution is -0.133. The van der Waals surface area contributed by atoms with Gasteiger partial charge >= 0.3 is 0 Å². The first-order valence-corrected chi connectivity index (χ1v) is 5.52. The second-order valence-corrected chi connectivity index (χ2v) is 4.38. The zero-order valence-electron chi connectivity index (χ0n) is 9.63. The number of ether oxygens (including phenoxy) is 1. The van der Waals surface area contributed by atoms with Gasteiger partial charge in [0, 0.05) is 12.3 Å². The fourth-order valence-electron chi connectivity index (χ4n) is 1.85. The van der Waals surface area contributed by atoms with E-state index in [9.17, 15) is 9.18 Å². The molecule has 92 valence electrons. The smallest absolute Gasteiger partial charge is 0.256 e. The molecule has 1 amide bonds. The van der Waals surface area contributed by atoms with Crippen molar-refractivity contribution in [3.63, 3.8) is 0 Å². The van der Waals surface area contributed by atoms with E-state index in [1.807, 2.05) is 0 Å². The van der Waals surface area contributed by atoms with Crippen LogP contribution >= 0.6 is 0 Å². The van der Waals surface area contributed by atoms with Crippen LogP contribution in [0.3, 0.4) is 0 Å². The van der Waals surface area contributed by atoms with Crippen molar-refractivity contribution >= 4 is 17.3 Å². The minimum absolute atomic E-state index is 0.0896. The first-order valence-electron chi connectivity index (χ1n) is 5.52. The van der Waals surface area contributed by atoms with Gasteiger partial charge in [-0.05, 0) is 38.0 Å². The van der Waals surface area contributed by atoms with Gasteiger partial charge in [0.1, 0.15) is 11.4 Å². The number of nitrogens with two attached hydrogens (primary N) is 1. The lowest BCUT2D eigenvalue weighted by atomic mass is 10.0. The molecular weight excluding hydrogens is 223 g/mol. The van der Waals surface area contributed by atoms with E-state index < -0.39 is 11.4 Å². The summed E-state index contributed by atoms with van der Waals surface area (Å²) in [6, 6.07) is 4.06. The Morgan fingerprint density at radius 1 is 1.59 bits per heavy atom. The Kier molecular flexibility index (Phi) is 3.02. The number of halogens is 1. The number of benzene rings is 1. The Balaban J connectivity index is 2.15. The first-order chi connectivity index (χ1) is 8.01. The maximum Gasteiger partial charge on any atom is 0.256 e. The minimum atomic E-state index is -0.864. The van der Waals surface area contributed by atoms with Crippen LogP contribution in [0, 0.1) is 5.82 Å². The Morgan fingerprint density at radius 2 is 2.35 bits per heavy atom. The molecule has 4 nitrogen and oxygen atoms in total. The van der Waals surface area contributed by atoms with Crippen molar-refractivity contribution < 1.29 is 13.9 Å². The number of carbonyl (C=O) groups is 1. The van der Waals surface area contributed by atoms with Crippen LogP contribution in [-0.2, 0) is 9.53 Å². The molecule has 3 N–H and O–H groups in total. The molecule has 5 heteroatoms. The number of amides is 1. The number of hydrogen-bond donors (Lipinski definition) is 2. The third-order valence-corrected chi connectivity index (χ3v) is 2.94. The van der Waals surface area contributed by atoms with Crippen LogP contribution in [0.4, 0.5) is 15.8 Å². The summed E-state index contributed by atoms with van der Waals surface area (Å²) in [6.07, 6.45) is 1.48. The molecule has 0 radical (unpaired) electrons. The van der Waals surface area contributed by atoms with Gasteiger partial charge in [-0.25, -0.2) is 4.39 Å². The van der Waals surface area contributed by atoms with Gasteiger partial charge in [-0.2, -0.15) is 0 Å². The number of anilines is 2. The topological polar surface area (TPSA) is 64.4 Å². The van der Waals surface area contributed by atoms with Crippen molar-refractivity contribution in [1.29, 1.82) is 0 Å². The van der Waals surface area contributed by atoms with Crippen LogP contribution in [0.25, 0.3) is 0 Å². The molecule has 1 saturated heterocycles. The maximum atomic E-state index is 13.4. The number of nitrogens with one attached hydrogen (secondary N) is 1. The van der Waals surface area contributed by atoms with Crippen molar-refractivity contribution in [3.05, 3.63) is 24.0 Å². The van der Waals surface area contributed by atoms with Crippen LogP contribution in [0.15, 0.2) is 18.2 Å². The van der Waals surface area contributed by atoms with Gasteiger partial charge < -0.3 is 15.8 Å². The zero-order valence-corrected chi connectivity index (χ0v) is 9.63. The SMILES string of the molecule is CC1(C(=O)Nc2cc(N)ccc2F)CCCO1. The standard InChI is InChI=1S/C12H15FN2O2/c1-12(5-2-6-17-12)11(16)15-10-7-8(14)3-4-9(10)13/h3-4,7H,2,5-6,14H2,1H3,(H,15,16). The molecule has 1 aromatic carbocycles. The fourth-order valence-corrected chi connectivity index (χ4v) is 1.85. The largest absolute Gasteiger partial charge is 0.399 e. The van der Waals surface area contributed by atoms with Crippen LogP contribution < -0.4 is 11.1 Å². The highest BCUT2D eigenvalue weighted by atomic mass is 19.1. The van der Waals surface area contributed by atoms with Crippen molar-refractivity contribution in [2.24, 2.45) is 0 Å². The van der Waals surface area contributed by atoms with E-state index in [1.165, 1.54) is 18.2 Å². The molecule has 1 atom stereocenters. The first kappa shape index (κ1) is 11.9. The summed E-state index contributed by atoms with van der Waals surface area (Å²) in [7, 11) is 0. The van der Waals surface area contributed by atoms with Crippen molar-refractivity contribution in [2.75, 3.05) is 17.7 Å². The zero-order chi connectivity index (χ0) is 12.5. The van der Waals surface area contributed by atoms with Gasteiger partial charge in [0.15, 0.2) is 0 Å². The van der Waals surface area contributed by atoms with E-state index in [2.05, 4.69) is 5.32 Å². The van der Waals surface area contributed by atoms with Gasteiger partial charge in [-0.3, -0.25) is 4.79 Å². The number of hydrogen-bond acceptors (Lipinski definition) is 3. The molecule has 0 aliphatic carbocycles. The molecule has 2 rings (SSSR count). The normalized spacial score (nSPS) is 23.6. The molecule has 1 aliphatic heterocycles. The minimum Gasteiger partial charge on any atom is -0.399 e. The summed E-state index contributed by atoms with van der Waals surface area (Å²) >= 11 is 0. The summed E-state index contributed by atoms with van der Waals surface area (Å²) in [5, 5.41) is 2.51. The molecule has 1 unspecified atom stereocenters. The van der Waals surface area contributed by atoms with Crippen molar-refractivity contribution in [3.8, 4) is 0 Å². The van der Waals surface area contributed by atoms with Crippen molar-refractivity contribution in [2.45, 2.75) is 25.4 Å². The van der Waals surface area contributed by atoms with E-state index >= 15 is 0 Å². The van der Waals surface area contributed by atoms with E-state index in [0.717, 1.165) is 6.42 Å². The molecule has 1 heterocycles. The monoisotopic (exact) mass is 238 g/mol. The second kappa shape index (κ2) is 4.33. The van der Waals surface area contributed by atoms with Crippen LogP contribution in [0.1, 0.15) is 19.8 Å². The molecule has 0 bridgehead atoms. The van der Waals surface area contributed by atoms with Crippen molar-refractivity contribution in [1.82, 2.24) is 0 Å². The van der Waals surface area contributed by atoms with Gasteiger partial charge in [0.05, 0.1) is 5.69 Å². The lowest BCUT2D eigenvalue weighted by Crippen LogP contribution is -2.39. The quantitative estimate of drug-likeness (QED) is 0.773. The van der Waals surface area contributed by atoms with Crippen LogP contribution in [0.2, 0.25) is 0 Å². The van der Waals surface area contributed by atoms with E-state index in [1.54, 1.807) is 6.92 Å². The summed E-state index contributed by atoms with van der Waals surface area (Å²) in [5.41, 5.74) is 5.17. The Morgan fingerprint density at radius 3 is 3.00 bits per heavy atom. The predicted octanol–water partition coefficient (Wildman–Crippen LogP) is 1.92. The number of carbonyl (C=O) groups excluding carboxylic acids is 1. The molecule has 0 aromatic heterocycles. The van der Waals surface area contributed by atoms with E-state index in [4.69, 9.17) is 10.5 Å². The number of nitrogen functional groups attached to an aromatic ring is 1. The average Bonchev–Trinajstić information content (AvgIpc) is 2.72.